The summed E-state index contributed by atoms with van der Waals surface area (Å²) in [5.74, 6) is -0.384. The van der Waals surface area contributed by atoms with Crippen molar-refractivity contribution < 1.29 is 13.9 Å². The average molecular weight is 428 g/mol. The molecule has 0 unspecified atom stereocenters. The maximum Gasteiger partial charge on any atom is 0.338 e. The Balaban J connectivity index is 1.81. The van der Waals surface area contributed by atoms with Gasteiger partial charge in [-0.3, -0.25) is 0 Å². The van der Waals surface area contributed by atoms with Gasteiger partial charge in [0.15, 0.2) is 0 Å². The molecule has 0 aliphatic heterocycles. The number of ether oxygens (including phenoxy) is 1. The predicted octanol–water partition coefficient (Wildman–Crippen LogP) is 5.27. The fourth-order valence-electron chi connectivity index (χ4n) is 3.92. The summed E-state index contributed by atoms with van der Waals surface area (Å²) >= 11 is 0. The smallest absolute Gasteiger partial charge is 0.338 e. The first-order valence-electron chi connectivity index (χ1n) is 9.98. The molecule has 7 heteroatoms. The van der Waals surface area contributed by atoms with Crippen molar-refractivity contribution in [2.24, 2.45) is 0 Å². The highest BCUT2D eigenvalue weighted by Gasteiger charge is 2.17. The molecule has 0 atom stereocenters. The summed E-state index contributed by atoms with van der Waals surface area (Å²) in [5, 5.41) is 9.76. The number of benzene rings is 2. The maximum atomic E-state index is 13.5. The number of carbonyl (C=O) groups is 1. The molecular formula is C25H21FN4O2. The van der Waals surface area contributed by atoms with Crippen LogP contribution in [0.25, 0.3) is 28.4 Å². The second kappa shape index (κ2) is 8.16. The number of rotatable bonds is 4. The zero-order valence-electron chi connectivity index (χ0n) is 18.2. The van der Waals surface area contributed by atoms with E-state index in [9.17, 15) is 14.4 Å². The zero-order valence-corrected chi connectivity index (χ0v) is 18.2. The summed E-state index contributed by atoms with van der Waals surface area (Å²) in [6, 6.07) is 13.9. The molecule has 0 radical (unpaired) electrons. The number of methoxy groups -OCH3 is 1. The van der Waals surface area contributed by atoms with Crippen LogP contribution in [-0.4, -0.2) is 27.6 Å². The van der Waals surface area contributed by atoms with E-state index in [4.69, 9.17) is 4.74 Å². The van der Waals surface area contributed by atoms with Gasteiger partial charge < -0.3 is 14.3 Å². The van der Waals surface area contributed by atoms with E-state index in [2.05, 4.69) is 16.0 Å². The number of carbonyl (C=O) groups excluding carboxylic acids is 1. The summed E-state index contributed by atoms with van der Waals surface area (Å²) in [4.78, 5) is 19.6. The largest absolute Gasteiger partial charge is 0.465 e. The van der Waals surface area contributed by atoms with Gasteiger partial charge >= 0.3 is 5.97 Å². The Labute approximate surface area is 184 Å². The van der Waals surface area contributed by atoms with E-state index in [1.165, 1.54) is 19.2 Å². The highest BCUT2D eigenvalue weighted by Crippen LogP contribution is 2.28. The van der Waals surface area contributed by atoms with Gasteiger partial charge in [0.05, 0.1) is 29.3 Å². The highest BCUT2D eigenvalue weighted by atomic mass is 19.1. The van der Waals surface area contributed by atoms with Crippen molar-refractivity contribution in [1.29, 1.82) is 5.26 Å². The lowest BCUT2D eigenvalue weighted by atomic mass is 10.1. The van der Waals surface area contributed by atoms with Crippen LogP contribution in [0.2, 0.25) is 0 Å². The van der Waals surface area contributed by atoms with E-state index in [0.717, 1.165) is 28.2 Å². The normalized spacial score (nSPS) is 11.6. The molecule has 4 rings (SSSR count). The Morgan fingerprint density at radius 1 is 1.22 bits per heavy atom. The molecule has 6 nitrogen and oxygen atoms in total. The van der Waals surface area contributed by atoms with Crippen LogP contribution in [-0.2, 0) is 4.74 Å². The topological polar surface area (TPSA) is 83.7 Å². The van der Waals surface area contributed by atoms with Crippen LogP contribution >= 0.6 is 0 Å². The Hall–Kier alpha value is -4.18. The van der Waals surface area contributed by atoms with Crippen molar-refractivity contribution in [3.63, 3.8) is 0 Å². The summed E-state index contributed by atoms with van der Waals surface area (Å²) in [5.41, 5.74) is 6.31. The second-order valence-electron chi connectivity index (χ2n) is 7.52. The first kappa shape index (κ1) is 21.1. The molecule has 2 heterocycles. The van der Waals surface area contributed by atoms with E-state index >= 15 is 0 Å². The molecule has 2 aromatic heterocycles. The minimum atomic E-state index is -0.389. The molecule has 4 aromatic rings. The summed E-state index contributed by atoms with van der Waals surface area (Å²) < 4.78 is 20.4. The number of aromatic amines is 1. The van der Waals surface area contributed by atoms with E-state index in [1.54, 1.807) is 18.2 Å². The number of imidazole rings is 1. The minimum absolute atomic E-state index is 0.335. The first-order chi connectivity index (χ1) is 15.3. The van der Waals surface area contributed by atoms with Crippen molar-refractivity contribution in [3.05, 3.63) is 82.2 Å². The quantitative estimate of drug-likeness (QED) is 0.355. The van der Waals surface area contributed by atoms with Crippen LogP contribution in [0, 0.1) is 37.9 Å². The van der Waals surface area contributed by atoms with Gasteiger partial charge in [0.2, 0.25) is 0 Å². The predicted molar refractivity (Wildman–Crippen MR) is 121 cm³/mol. The molecule has 2 aromatic carbocycles. The van der Waals surface area contributed by atoms with E-state index in [-0.39, 0.29) is 11.8 Å². The molecule has 0 saturated heterocycles. The van der Waals surface area contributed by atoms with Crippen molar-refractivity contribution in [2.75, 3.05) is 7.11 Å². The summed E-state index contributed by atoms with van der Waals surface area (Å²) in [6.07, 6.45) is 1.76. The standard InChI is InChI=1S/C25H21FN4O2/c1-14-10-17(11-18(13-27)24-28-21-9-8-19(26)12-22(21)29-24)16(3)30(14)23-7-5-6-20(15(23)2)25(31)32-4/h5-12H,1-4H3,(H,28,29)/b18-11-. The van der Waals surface area contributed by atoms with Gasteiger partial charge in [-0.05, 0) is 74.4 Å². The van der Waals surface area contributed by atoms with Gasteiger partial charge in [-0.15, -0.1) is 0 Å². The van der Waals surface area contributed by atoms with E-state index in [1.807, 2.05) is 43.5 Å². The molecule has 0 saturated carbocycles. The molecular weight excluding hydrogens is 407 g/mol. The number of aromatic nitrogens is 3. The molecule has 160 valence electrons. The second-order valence-corrected chi connectivity index (χ2v) is 7.52. The first-order valence-corrected chi connectivity index (χ1v) is 9.98. The number of fused-ring (bicyclic) bond motifs is 1. The lowest BCUT2D eigenvalue weighted by Gasteiger charge is -2.15. The van der Waals surface area contributed by atoms with Crippen LogP contribution in [0.1, 0.15) is 38.7 Å². The van der Waals surface area contributed by atoms with Crippen molar-refractivity contribution >= 4 is 28.7 Å². The third-order valence-corrected chi connectivity index (χ3v) is 5.54. The number of esters is 1. The number of aryl methyl sites for hydroxylation is 1. The SMILES string of the molecule is COC(=O)c1cccc(-n2c(C)cc(/C=C(/C#N)c3nc4ccc(F)cc4[nH]3)c2C)c1C. The third kappa shape index (κ3) is 3.56. The molecule has 0 amide bonds. The number of hydrogen-bond acceptors (Lipinski definition) is 4. The van der Waals surface area contributed by atoms with Crippen LogP contribution in [0.3, 0.4) is 0 Å². The number of allylic oxidation sites excluding steroid dienone is 1. The highest BCUT2D eigenvalue weighted by molar-refractivity contribution is 5.92. The van der Waals surface area contributed by atoms with E-state index in [0.29, 0.717) is 28.0 Å². The van der Waals surface area contributed by atoms with Gasteiger partial charge in [-0.25, -0.2) is 14.2 Å². The Morgan fingerprint density at radius 2 is 2.00 bits per heavy atom. The number of nitrogens with zero attached hydrogens (tertiary/aromatic N) is 3. The molecule has 1 N–H and O–H groups in total. The van der Waals surface area contributed by atoms with Crippen LogP contribution in [0.5, 0.6) is 0 Å². The number of hydrogen-bond donors (Lipinski definition) is 1. The number of nitrogens with one attached hydrogen (secondary N) is 1. The Bertz CT molecular complexity index is 1440. The summed E-state index contributed by atoms with van der Waals surface area (Å²) in [7, 11) is 1.36. The molecule has 0 aliphatic rings. The Kier molecular flexibility index (Phi) is 5.37. The fraction of sp³-hybridized carbons (Fsp3) is 0.160. The van der Waals surface area contributed by atoms with E-state index < -0.39 is 0 Å². The van der Waals surface area contributed by atoms with Gasteiger partial charge in [0, 0.05) is 17.1 Å². The number of halogens is 1. The van der Waals surface area contributed by atoms with Crippen LogP contribution in [0.4, 0.5) is 4.39 Å². The van der Waals surface area contributed by atoms with Gasteiger partial charge in [-0.2, -0.15) is 5.26 Å². The average Bonchev–Trinajstić information content (AvgIpc) is 3.31. The number of H-pyrrole nitrogens is 1. The molecule has 32 heavy (non-hydrogen) atoms. The molecule has 0 fully saturated rings. The minimum Gasteiger partial charge on any atom is -0.465 e. The summed E-state index contributed by atoms with van der Waals surface area (Å²) in [6.45, 7) is 5.79. The van der Waals surface area contributed by atoms with Crippen molar-refractivity contribution in [3.8, 4) is 11.8 Å². The van der Waals surface area contributed by atoms with Crippen molar-refractivity contribution in [2.45, 2.75) is 20.8 Å². The van der Waals surface area contributed by atoms with Gasteiger partial charge in [0.1, 0.15) is 17.7 Å². The Morgan fingerprint density at radius 3 is 2.72 bits per heavy atom. The van der Waals surface area contributed by atoms with Gasteiger partial charge in [-0.1, -0.05) is 6.07 Å². The monoisotopic (exact) mass is 428 g/mol. The number of nitriles is 1. The van der Waals surface area contributed by atoms with Crippen molar-refractivity contribution in [1.82, 2.24) is 14.5 Å². The zero-order chi connectivity index (χ0) is 23.0. The van der Waals surface area contributed by atoms with Gasteiger partial charge in [0.25, 0.3) is 0 Å². The molecule has 0 bridgehead atoms. The fourth-order valence-corrected chi connectivity index (χ4v) is 3.92. The van der Waals surface area contributed by atoms with Crippen LogP contribution < -0.4 is 0 Å². The molecule has 0 aliphatic carbocycles. The lowest BCUT2D eigenvalue weighted by Crippen LogP contribution is -2.08. The lowest BCUT2D eigenvalue weighted by molar-refractivity contribution is 0.0600. The van der Waals surface area contributed by atoms with Crippen LogP contribution in [0.15, 0.2) is 42.5 Å². The molecule has 0 spiro atoms. The third-order valence-electron chi connectivity index (χ3n) is 5.54. The maximum absolute atomic E-state index is 13.5.